The summed E-state index contributed by atoms with van der Waals surface area (Å²) in [6, 6.07) is 12.5. The first-order valence-corrected chi connectivity index (χ1v) is 5.32. The van der Waals surface area contributed by atoms with E-state index in [0.29, 0.717) is 5.56 Å². The van der Waals surface area contributed by atoms with Crippen molar-refractivity contribution in [2.24, 2.45) is 0 Å². The molecule has 0 aliphatic heterocycles. The number of hydrogen-bond acceptors (Lipinski definition) is 2. The molecule has 2 heteroatoms. The van der Waals surface area contributed by atoms with Crippen LogP contribution in [0, 0.1) is 0 Å². The summed E-state index contributed by atoms with van der Waals surface area (Å²) in [5.74, 6) is 0.342. The maximum Gasteiger partial charge on any atom is 0.123 e. The second-order valence-corrected chi connectivity index (χ2v) is 3.75. The molecule has 0 atom stereocenters. The molecule has 0 aliphatic rings. The second-order valence-electron chi connectivity index (χ2n) is 3.75. The zero-order chi connectivity index (χ0) is 11.5. The Hall–Kier alpha value is -1.96. The molecule has 0 aliphatic carbocycles. The fourth-order valence-corrected chi connectivity index (χ4v) is 1.68. The molecule has 0 radical (unpaired) electrons. The average molecular weight is 214 g/mol. The van der Waals surface area contributed by atoms with Gasteiger partial charge in [0.1, 0.15) is 11.5 Å². The Morgan fingerprint density at radius 3 is 2.25 bits per heavy atom. The van der Waals surface area contributed by atoms with Crippen molar-refractivity contribution in [3.8, 4) is 22.6 Å². The molecule has 2 rings (SSSR count). The van der Waals surface area contributed by atoms with Gasteiger partial charge in [-0.1, -0.05) is 31.2 Å². The monoisotopic (exact) mass is 214 g/mol. The van der Waals surface area contributed by atoms with Crippen LogP contribution in [-0.4, -0.2) is 10.2 Å². The van der Waals surface area contributed by atoms with Crippen molar-refractivity contribution in [2.45, 2.75) is 13.3 Å². The lowest BCUT2D eigenvalue weighted by molar-refractivity contribution is 0.462. The van der Waals surface area contributed by atoms with Crippen molar-refractivity contribution in [3.05, 3.63) is 48.0 Å². The third-order valence-electron chi connectivity index (χ3n) is 2.65. The van der Waals surface area contributed by atoms with Gasteiger partial charge >= 0.3 is 0 Å². The van der Waals surface area contributed by atoms with Gasteiger partial charge in [0.05, 0.1) is 0 Å². The van der Waals surface area contributed by atoms with Crippen molar-refractivity contribution < 1.29 is 10.2 Å². The number of rotatable bonds is 2. The number of phenols is 2. The molecule has 2 nitrogen and oxygen atoms in total. The quantitative estimate of drug-likeness (QED) is 0.753. The lowest BCUT2D eigenvalue weighted by Gasteiger charge is -2.06. The Balaban J connectivity index is 2.45. The molecule has 0 fully saturated rings. The van der Waals surface area contributed by atoms with E-state index in [2.05, 4.69) is 6.92 Å². The highest BCUT2D eigenvalue weighted by Crippen LogP contribution is 2.32. The van der Waals surface area contributed by atoms with Crippen LogP contribution in [0.3, 0.4) is 0 Å². The first-order valence-electron chi connectivity index (χ1n) is 5.32. The predicted octanol–water partition coefficient (Wildman–Crippen LogP) is 3.33. The minimum atomic E-state index is 0.160. The largest absolute Gasteiger partial charge is 0.508 e. The molecule has 0 amide bonds. The molecule has 0 saturated carbocycles. The standard InChI is InChI=1S/C14H14O2/c1-2-10-3-5-11(6-4-10)13-9-12(15)7-8-14(13)16/h3-9,15-16H,2H2,1H3. The lowest BCUT2D eigenvalue weighted by atomic mass is 10.0. The summed E-state index contributed by atoms with van der Waals surface area (Å²) in [5, 5.41) is 19.1. The fraction of sp³-hybridized carbons (Fsp3) is 0.143. The van der Waals surface area contributed by atoms with Gasteiger partial charge in [0.2, 0.25) is 0 Å². The summed E-state index contributed by atoms with van der Waals surface area (Å²) in [6.07, 6.45) is 0.992. The van der Waals surface area contributed by atoms with E-state index in [1.165, 1.54) is 17.7 Å². The van der Waals surface area contributed by atoms with Gasteiger partial charge in [-0.05, 0) is 35.7 Å². The second kappa shape index (κ2) is 4.27. The summed E-state index contributed by atoms with van der Waals surface area (Å²) in [4.78, 5) is 0. The molecule has 82 valence electrons. The first kappa shape index (κ1) is 10.6. The minimum absolute atomic E-state index is 0.160. The van der Waals surface area contributed by atoms with E-state index in [-0.39, 0.29) is 11.5 Å². The molecule has 0 heterocycles. The van der Waals surface area contributed by atoms with Gasteiger partial charge in [-0.3, -0.25) is 0 Å². The van der Waals surface area contributed by atoms with Gasteiger partial charge in [-0.25, -0.2) is 0 Å². The van der Waals surface area contributed by atoms with E-state index in [9.17, 15) is 10.2 Å². The van der Waals surface area contributed by atoms with Crippen molar-refractivity contribution >= 4 is 0 Å². The number of aryl methyl sites for hydroxylation is 1. The predicted molar refractivity (Wildman–Crippen MR) is 64.6 cm³/mol. The number of phenolic OH excluding ortho intramolecular Hbond substituents is 2. The first-order chi connectivity index (χ1) is 7.70. The summed E-state index contributed by atoms with van der Waals surface area (Å²) in [7, 11) is 0. The molecule has 0 unspecified atom stereocenters. The van der Waals surface area contributed by atoms with E-state index in [1.54, 1.807) is 6.07 Å². The topological polar surface area (TPSA) is 40.5 Å². The SMILES string of the molecule is CCc1ccc(-c2cc(O)ccc2O)cc1. The molecule has 2 aromatic rings. The summed E-state index contributed by atoms with van der Waals surface area (Å²) < 4.78 is 0. The third-order valence-corrected chi connectivity index (χ3v) is 2.65. The Bertz CT molecular complexity index is 487. The zero-order valence-corrected chi connectivity index (χ0v) is 9.14. The summed E-state index contributed by atoms with van der Waals surface area (Å²) >= 11 is 0. The number of hydrogen-bond donors (Lipinski definition) is 2. The van der Waals surface area contributed by atoms with Crippen molar-refractivity contribution in [2.75, 3.05) is 0 Å². The van der Waals surface area contributed by atoms with Crippen LogP contribution in [0.5, 0.6) is 11.5 Å². The lowest BCUT2D eigenvalue weighted by Crippen LogP contribution is -1.82. The van der Waals surface area contributed by atoms with Crippen LogP contribution in [0.1, 0.15) is 12.5 Å². The van der Waals surface area contributed by atoms with Crippen LogP contribution in [-0.2, 0) is 6.42 Å². The van der Waals surface area contributed by atoms with Crippen LogP contribution >= 0.6 is 0 Å². The van der Waals surface area contributed by atoms with Crippen LogP contribution < -0.4 is 0 Å². The van der Waals surface area contributed by atoms with Gasteiger partial charge in [-0.15, -0.1) is 0 Å². The molecular formula is C14H14O2. The van der Waals surface area contributed by atoms with E-state index in [0.717, 1.165) is 12.0 Å². The number of aromatic hydroxyl groups is 2. The van der Waals surface area contributed by atoms with E-state index < -0.39 is 0 Å². The molecule has 2 N–H and O–H groups in total. The maximum atomic E-state index is 9.70. The Kier molecular flexibility index (Phi) is 2.82. The fourth-order valence-electron chi connectivity index (χ4n) is 1.68. The van der Waals surface area contributed by atoms with Crippen LogP contribution in [0.2, 0.25) is 0 Å². The van der Waals surface area contributed by atoms with Gasteiger partial charge in [0.25, 0.3) is 0 Å². The van der Waals surface area contributed by atoms with Gasteiger partial charge < -0.3 is 10.2 Å². The molecule has 0 spiro atoms. The van der Waals surface area contributed by atoms with Crippen molar-refractivity contribution in [1.82, 2.24) is 0 Å². The van der Waals surface area contributed by atoms with Crippen LogP contribution in [0.15, 0.2) is 42.5 Å². The third kappa shape index (κ3) is 2.01. The normalized spacial score (nSPS) is 10.3. The highest BCUT2D eigenvalue weighted by atomic mass is 16.3. The van der Waals surface area contributed by atoms with E-state index in [1.807, 2.05) is 24.3 Å². The zero-order valence-electron chi connectivity index (χ0n) is 9.14. The van der Waals surface area contributed by atoms with Gasteiger partial charge in [-0.2, -0.15) is 0 Å². The van der Waals surface area contributed by atoms with Crippen molar-refractivity contribution in [3.63, 3.8) is 0 Å². The Morgan fingerprint density at radius 1 is 0.938 bits per heavy atom. The Morgan fingerprint density at radius 2 is 1.62 bits per heavy atom. The van der Waals surface area contributed by atoms with Gasteiger partial charge in [0, 0.05) is 5.56 Å². The Labute approximate surface area is 94.8 Å². The molecule has 0 bridgehead atoms. The molecule has 2 aromatic carbocycles. The molecule has 16 heavy (non-hydrogen) atoms. The van der Waals surface area contributed by atoms with E-state index in [4.69, 9.17) is 0 Å². The molecule has 0 aromatic heterocycles. The molecular weight excluding hydrogens is 200 g/mol. The highest BCUT2D eigenvalue weighted by molar-refractivity contribution is 5.71. The molecule has 0 saturated heterocycles. The van der Waals surface area contributed by atoms with E-state index >= 15 is 0 Å². The van der Waals surface area contributed by atoms with Crippen molar-refractivity contribution in [1.29, 1.82) is 0 Å². The van der Waals surface area contributed by atoms with Crippen LogP contribution in [0.4, 0.5) is 0 Å². The summed E-state index contributed by atoms with van der Waals surface area (Å²) in [5.41, 5.74) is 2.82. The minimum Gasteiger partial charge on any atom is -0.508 e. The summed E-state index contributed by atoms with van der Waals surface area (Å²) in [6.45, 7) is 2.10. The average Bonchev–Trinajstić information content (AvgIpc) is 2.32. The maximum absolute atomic E-state index is 9.70. The van der Waals surface area contributed by atoms with Crippen LogP contribution in [0.25, 0.3) is 11.1 Å². The highest BCUT2D eigenvalue weighted by Gasteiger charge is 2.04. The van der Waals surface area contributed by atoms with Gasteiger partial charge in [0.15, 0.2) is 0 Å². The smallest absolute Gasteiger partial charge is 0.123 e. The number of benzene rings is 2.